The van der Waals surface area contributed by atoms with E-state index < -0.39 is 5.66 Å². The van der Waals surface area contributed by atoms with Crippen LogP contribution in [0.15, 0.2) is 34.5 Å². The number of hydrogen-bond acceptors (Lipinski definition) is 6. The lowest BCUT2D eigenvalue weighted by Gasteiger charge is -2.10. The summed E-state index contributed by atoms with van der Waals surface area (Å²) >= 11 is 0. The standard InChI is InChI=1S/C18H22N4O3/c1-3-4-9-18(21-22-18)10-8-16(23)20-12-11-19-15-7-5-6-14(13-15)17(24)25-2/h1,5-7,13,19H,4,8-12H2,2H3,(H,20,23). The summed E-state index contributed by atoms with van der Waals surface area (Å²) in [5.41, 5.74) is 0.850. The summed E-state index contributed by atoms with van der Waals surface area (Å²) in [4.78, 5) is 23.3. The first-order valence-electron chi connectivity index (χ1n) is 8.15. The van der Waals surface area contributed by atoms with Gasteiger partial charge in [0, 0.05) is 44.5 Å². The monoisotopic (exact) mass is 342 g/mol. The minimum absolute atomic E-state index is 0.0394. The molecule has 7 nitrogen and oxygen atoms in total. The quantitative estimate of drug-likeness (QED) is 0.388. The van der Waals surface area contributed by atoms with Crippen LogP contribution in [0.3, 0.4) is 0 Å². The summed E-state index contributed by atoms with van der Waals surface area (Å²) in [7, 11) is 1.34. The lowest BCUT2D eigenvalue weighted by atomic mass is 10.0. The summed E-state index contributed by atoms with van der Waals surface area (Å²) in [5.74, 6) is 2.14. The maximum absolute atomic E-state index is 11.9. The predicted molar refractivity (Wildman–Crippen MR) is 94.2 cm³/mol. The van der Waals surface area contributed by atoms with Crippen LogP contribution < -0.4 is 10.6 Å². The highest BCUT2D eigenvalue weighted by Crippen LogP contribution is 2.37. The minimum atomic E-state index is -0.420. The molecule has 2 rings (SSSR count). The van der Waals surface area contributed by atoms with Crippen molar-refractivity contribution in [2.45, 2.75) is 31.3 Å². The van der Waals surface area contributed by atoms with Crippen molar-refractivity contribution < 1.29 is 14.3 Å². The molecule has 132 valence electrons. The third-order valence-electron chi connectivity index (χ3n) is 3.86. The summed E-state index contributed by atoms with van der Waals surface area (Å²) in [5, 5.41) is 14.0. The molecule has 0 bridgehead atoms. The second kappa shape index (κ2) is 8.83. The van der Waals surface area contributed by atoms with Crippen LogP contribution in [0.5, 0.6) is 0 Å². The van der Waals surface area contributed by atoms with E-state index in [0.29, 0.717) is 44.3 Å². The smallest absolute Gasteiger partial charge is 0.337 e. The first kappa shape index (κ1) is 18.5. The van der Waals surface area contributed by atoms with Crippen molar-refractivity contribution in [1.29, 1.82) is 0 Å². The zero-order valence-electron chi connectivity index (χ0n) is 14.2. The van der Waals surface area contributed by atoms with Gasteiger partial charge in [-0.1, -0.05) is 6.07 Å². The molecule has 1 heterocycles. The molecule has 0 saturated carbocycles. The van der Waals surface area contributed by atoms with E-state index in [9.17, 15) is 9.59 Å². The molecule has 7 heteroatoms. The second-order valence-corrected chi connectivity index (χ2v) is 5.74. The number of ether oxygens (including phenoxy) is 1. The minimum Gasteiger partial charge on any atom is -0.465 e. The molecule has 2 N–H and O–H groups in total. The highest BCUT2D eigenvalue weighted by Gasteiger charge is 2.39. The molecular formula is C18H22N4O3. The number of anilines is 1. The van der Waals surface area contributed by atoms with Crippen molar-refractivity contribution >= 4 is 17.6 Å². The van der Waals surface area contributed by atoms with Crippen LogP contribution in [0.4, 0.5) is 5.69 Å². The number of esters is 1. The normalized spacial score (nSPS) is 13.6. The second-order valence-electron chi connectivity index (χ2n) is 5.74. The fourth-order valence-corrected chi connectivity index (χ4v) is 2.35. The molecule has 1 aromatic rings. The zero-order valence-corrected chi connectivity index (χ0v) is 14.2. The maximum atomic E-state index is 11.9. The fourth-order valence-electron chi connectivity index (χ4n) is 2.35. The maximum Gasteiger partial charge on any atom is 0.337 e. The van der Waals surface area contributed by atoms with Crippen molar-refractivity contribution in [1.82, 2.24) is 5.32 Å². The molecule has 25 heavy (non-hydrogen) atoms. The van der Waals surface area contributed by atoms with Gasteiger partial charge in [-0.15, -0.1) is 12.3 Å². The van der Waals surface area contributed by atoms with E-state index in [0.717, 1.165) is 5.69 Å². The van der Waals surface area contributed by atoms with Crippen LogP contribution in [-0.4, -0.2) is 37.7 Å². The molecule has 0 radical (unpaired) electrons. The summed E-state index contributed by atoms with van der Waals surface area (Å²) in [6.07, 6.45) is 7.52. The molecule has 1 aliphatic heterocycles. The van der Waals surface area contributed by atoms with Crippen LogP contribution >= 0.6 is 0 Å². The molecule has 0 aromatic heterocycles. The summed E-state index contributed by atoms with van der Waals surface area (Å²) < 4.78 is 4.68. The number of amides is 1. The third kappa shape index (κ3) is 5.92. The van der Waals surface area contributed by atoms with Gasteiger partial charge in [0.25, 0.3) is 0 Å². The van der Waals surface area contributed by atoms with Crippen molar-refractivity contribution in [3.63, 3.8) is 0 Å². The lowest BCUT2D eigenvalue weighted by Crippen LogP contribution is -2.29. The predicted octanol–water partition coefficient (Wildman–Crippen LogP) is 2.36. The largest absolute Gasteiger partial charge is 0.465 e. The Morgan fingerprint density at radius 3 is 2.76 bits per heavy atom. The lowest BCUT2D eigenvalue weighted by molar-refractivity contribution is -0.121. The Labute approximate surface area is 147 Å². The van der Waals surface area contributed by atoms with Gasteiger partial charge in [0.1, 0.15) is 0 Å². The Kier molecular flexibility index (Phi) is 6.52. The average molecular weight is 342 g/mol. The van der Waals surface area contributed by atoms with Crippen LogP contribution in [0, 0.1) is 12.3 Å². The van der Waals surface area contributed by atoms with E-state index in [1.54, 1.807) is 18.2 Å². The number of benzene rings is 1. The van der Waals surface area contributed by atoms with Crippen molar-refractivity contribution in [2.24, 2.45) is 10.2 Å². The number of methoxy groups -OCH3 is 1. The van der Waals surface area contributed by atoms with E-state index in [2.05, 4.69) is 31.5 Å². The highest BCUT2D eigenvalue weighted by atomic mass is 16.5. The molecule has 0 unspecified atom stereocenters. The zero-order chi connectivity index (χ0) is 18.1. The van der Waals surface area contributed by atoms with Gasteiger partial charge in [-0.3, -0.25) is 4.79 Å². The molecule has 0 fully saturated rings. The molecule has 0 aliphatic carbocycles. The molecule has 1 aliphatic rings. The Balaban J connectivity index is 1.63. The number of hydrogen-bond donors (Lipinski definition) is 2. The Morgan fingerprint density at radius 1 is 1.28 bits per heavy atom. The molecule has 1 amide bonds. The number of nitrogens with zero attached hydrogens (tertiary/aromatic N) is 2. The van der Waals surface area contributed by atoms with Crippen LogP contribution in [0.1, 0.15) is 36.0 Å². The number of nitrogens with one attached hydrogen (secondary N) is 2. The summed E-state index contributed by atoms with van der Waals surface area (Å²) in [6.45, 7) is 1.03. The molecule has 0 atom stereocenters. The first-order valence-corrected chi connectivity index (χ1v) is 8.15. The van der Waals surface area contributed by atoms with E-state index >= 15 is 0 Å². The van der Waals surface area contributed by atoms with Gasteiger partial charge in [-0.05, 0) is 18.2 Å². The van der Waals surface area contributed by atoms with Crippen molar-refractivity contribution in [3.05, 3.63) is 29.8 Å². The topological polar surface area (TPSA) is 92.2 Å². The van der Waals surface area contributed by atoms with Gasteiger partial charge in [-0.2, -0.15) is 10.2 Å². The highest BCUT2D eigenvalue weighted by molar-refractivity contribution is 5.90. The number of carbonyl (C=O) groups excluding carboxylic acids is 2. The molecular weight excluding hydrogens is 320 g/mol. The Bertz CT molecular complexity index is 688. The number of terminal acetylenes is 1. The number of carbonyl (C=O) groups is 2. The van der Waals surface area contributed by atoms with Gasteiger partial charge in [0.2, 0.25) is 5.91 Å². The van der Waals surface area contributed by atoms with Gasteiger partial charge in [-0.25, -0.2) is 4.79 Å². The summed E-state index contributed by atoms with van der Waals surface area (Å²) in [6, 6.07) is 7.01. The Morgan fingerprint density at radius 2 is 2.08 bits per heavy atom. The van der Waals surface area contributed by atoms with Gasteiger partial charge >= 0.3 is 5.97 Å². The van der Waals surface area contributed by atoms with Gasteiger partial charge in [0.05, 0.1) is 12.7 Å². The van der Waals surface area contributed by atoms with Crippen LogP contribution in [0.2, 0.25) is 0 Å². The van der Waals surface area contributed by atoms with E-state index in [-0.39, 0.29) is 11.9 Å². The Hall–Kier alpha value is -2.88. The van der Waals surface area contributed by atoms with Crippen LogP contribution in [0.25, 0.3) is 0 Å². The van der Waals surface area contributed by atoms with Crippen molar-refractivity contribution in [2.75, 3.05) is 25.5 Å². The van der Waals surface area contributed by atoms with Gasteiger partial charge in [0.15, 0.2) is 5.66 Å². The average Bonchev–Trinajstić information content (AvgIpc) is 3.42. The van der Waals surface area contributed by atoms with E-state index in [1.807, 2.05) is 6.07 Å². The molecule has 0 saturated heterocycles. The SMILES string of the molecule is C#CCCC1(CCC(=O)NCCNc2cccc(C(=O)OC)c2)N=N1. The van der Waals surface area contributed by atoms with E-state index in [1.165, 1.54) is 7.11 Å². The third-order valence-corrected chi connectivity index (χ3v) is 3.86. The fraction of sp³-hybridized carbons (Fsp3) is 0.444. The number of rotatable bonds is 10. The van der Waals surface area contributed by atoms with Gasteiger partial charge < -0.3 is 15.4 Å². The first-order chi connectivity index (χ1) is 12.1. The van der Waals surface area contributed by atoms with Crippen LogP contribution in [-0.2, 0) is 9.53 Å². The molecule has 1 aromatic carbocycles. The molecule has 0 spiro atoms. The van der Waals surface area contributed by atoms with Crippen molar-refractivity contribution in [3.8, 4) is 12.3 Å². The van der Waals surface area contributed by atoms with E-state index in [4.69, 9.17) is 6.42 Å².